The Morgan fingerprint density at radius 3 is 2.88 bits per heavy atom. The maximum atomic E-state index is 12.7. The average Bonchev–Trinajstić information content (AvgIpc) is 2.73. The maximum Gasteiger partial charge on any atom is 0.225 e. The first-order valence-electron chi connectivity index (χ1n) is 5.79. The van der Waals surface area contributed by atoms with E-state index in [0.29, 0.717) is 17.9 Å². The van der Waals surface area contributed by atoms with Crippen molar-refractivity contribution in [3.63, 3.8) is 0 Å². The van der Waals surface area contributed by atoms with Gasteiger partial charge >= 0.3 is 0 Å². The number of halogens is 1. The summed E-state index contributed by atoms with van der Waals surface area (Å²) in [5, 5.41) is 3.52. The second-order valence-electron chi connectivity index (χ2n) is 4.57. The molecule has 1 aromatic rings. The van der Waals surface area contributed by atoms with Crippen LogP contribution < -0.4 is 10.2 Å². The van der Waals surface area contributed by atoms with E-state index in [1.807, 2.05) is 0 Å². The van der Waals surface area contributed by atoms with Crippen LogP contribution in [-0.4, -0.2) is 35.6 Å². The fourth-order valence-corrected chi connectivity index (χ4v) is 2.68. The molecule has 5 heteroatoms. The highest BCUT2D eigenvalue weighted by molar-refractivity contribution is 5.32. The van der Waals surface area contributed by atoms with Crippen LogP contribution in [0.4, 0.5) is 10.3 Å². The van der Waals surface area contributed by atoms with E-state index in [-0.39, 0.29) is 5.82 Å². The van der Waals surface area contributed by atoms with Gasteiger partial charge in [-0.2, -0.15) is 0 Å². The molecule has 16 heavy (non-hydrogen) atoms. The van der Waals surface area contributed by atoms with Gasteiger partial charge in [0.2, 0.25) is 5.95 Å². The van der Waals surface area contributed by atoms with E-state index in [4.69, 9.17) is 0 Å². The van der Waals surface area contributed by atoms with Crippen LogP contribution in [0.5, 0.6) is 0 Å². The van der Waals surface area contributed by atoms with Crippen LogP contribution in [-0.2, 0) is 0 Å². The van der Waals surface area contributed by atoms with Crippen LogP contribution in [0, 0.1) is 11.7 Å². The first kappa shape index (κ1) is 9.96. The molecule has 0 bridgehead atoms. The van der Waals surface area contributed by atoms with Gasteiger partial charge in [0.15, 0.2) is 5.82 Å². The zero-order valence-corrected chi connectivity index (χ0v) is 9.06. The minimum Gasteiger partial charge on any atom is -0.339 e. The van der Waals surface area contributed by atoms with E-state index < -0.39 is 0 Å². The van der Waals surface area contributed by atoms with Crippen LogP contribution in [0.2, 0.25) is 0 Å². The van der Waals surface area contributed by atoms with Crippen molar-refractivity contribution in [3.05, 3.63) is 18.2 Å². The van der Waals surface area contributed by atoms with E-state index in [1.54, 1.807) is 0 Å². The molecule has 0 aliphatic carbocycles. The molecular weight excluding hydrogens is 207 g/mol. The number of aromatic nitrogens is 2. The predicted octanol–water partition coefficient (Wildman–Crippen LogP) is 0.804. The number of hydrogen-bond donors (Lipinski definition) is 1. The Morgan fingerprint density at radius 2 is 2.12 bits per heavy atom. The zero-order valence-electron chi connectivity index (χ0n) is 9.06. The Balaban J connectivity index is 1.75. The molecule has 0 saturated carbocycles. The SMILES string of the molecule is Fc1cnc(N2C[C@@H]3CCCN[C@@H]3C2)nc1. The topological polar surface area (TPSA) is 41.1 Å². The van der Waals surface area contributed by atoms with E-state index in [2.05, 4.69) is 20.2 Å². The van der Waals surface area contributed by atoms with Crippen LogP contribution in [0.25, 0.3) is 0 Å². The first-order chi connectivity index (χ1) is 7.83. The maximum absolute atomic E-state index is 12.7. The lowest BCUT2D eigenvalue weighted by molar-refractivity contribution is 0.340. The van der Waals surface area contributed by atoms with E-state index in [1.165, 1.54) is 25.2 Å². The van der Waals surface area contributed by atoms with Gasteiger partial charge in [-0.25, -0.2) is 14.4 Å². The van der Waals surface area contributed by atoms with Crippen LogP contribution in [0.3, 0.4) is 0 Å². The minimum absolute atomic E-state index is 0.376. The summed E-state index contributed by atoms with van der Waals surface area (Å²) in [6.45, 7) is 3.04. The van der Waals surface area contributed by atoms with Gasteiger partial charge in [0.05, 0.1) is 12.4 Å². The molecule has 2 aliphatic rings. The third-order valence-corrected chi connectivity index (χ3v) is 3.49. The third-order valence-electron chi connectivity index (χ3n) is 3.49. The zero-order chi connectivity index (χ0) is 11.0. The van der Waals surface area contributed by atoms with Crippen LogP contribution in [0.15, 0.2) is 12.4 Å². The van der Waals surface area contributed by atoms with Crippen molar-refractivity contribution in [2.45, 2.75) is 18.9 Å². The monoisotopic (exact) mass is 222 g/mol. The van der Waals surface area contributed by atoms with Crippen molar-refractivity contribution in [2.75, 3.05) is 24.5 Å². The van der Waals surface area contributed by atoms with Gasteiger partial charge in [-0.1, -0.05) is 0 Å². The minimum atomic E-state index is -0.376. The lowest BCUT2D eigenvalue weighted by Gasteiger charge is -2.24. The van der Waals surface area contributed by atoms with E-state index in [9.17, 15) is 4.39 Å². The molecule has 0 aromatic carbocycles. The molecule has 1 aromatic heterocycles. The van der Waals surface area contributed by atoms with Gasteiger partial charge in [-0.05, 0) is 25.3 Å². The van der Waals surface area contributed by atoms with E-state index in [0.717, 1.165) is 19.6 Å². The summed E-state index contributed by atoms with van der Waals surface area (Å²) in [6.07, 6.45) is 4.99. The summed E-state index contributed by atoms with van der Waals surface area (Å²) in [6, 6.07) is 0.558. The summed E-state index contributed by atoms with van der Waals surface area (Å²) >= 11 is 0. The molecule has 3 heterocycles. The summed E-state index contributed by atoms with van der Waals surface area (Å²) in [7, 11) is 0. The van der Waals surface area contributed by atoms with Gasteiger partial charge in [0.25, 0.3) is 0 Å². The molecular formula is C11H15FN4. The second-order valence-corrected chi connectivity index (χ2v) is 4.57. The molecule has 0 spiro atoms. The highest BCUT2D eigenvalue weighted by atomic mass is 19.1. The van der Waals surface area contributed by atoms with Gasteiger partial charge in [-0.3, -0.25) is 0 Å². The molecule has 2 atom stereocenters. The molecule has 0 amide bonds. The molecule has 2 saturated heterocycles. The van der Waals surface area contributed by atoms with Gasteiger partial charge in [-0.15, -0.1) is 0 Å². The second kappa shape index (κ2) is 3.97. The van der Waals surface area contributed by atoms with Gasteiger partial charge in [0.1, 0.15) is 0 Å². The average molecular weight is 222 g/mol. The molecule has 4 nitrogen and oxygen atoms in total. The molecule has 86 valence electrons. The summed E-state index contributed by atoms with van der Waals surface area (Å²) in [5.41, 5.74) is 0. The summed E-state index contributed by atoms with van der Waals surface area (Å²) < 4.78 is 12.7. The highest BCUT2D eigenvalue weighted by Gasteiger charge is 2.35. The normalized spacial score (nSPS) is 29.2. The van der Waals surface area contributed by atoms with Crippen LogP contribution >= 0.6 is 0 Å². The van der Waals surface area contributed by atoms with Gasteiger partial charge in [0, 0.05) is 19.1 Å². The Labute approximate surface area is 93.9 Å². The molecule has 3 rings (SSSR count). The van der Waals surface area contributed by atoms with E-state index >= 15 is 0 Å². The Kier molecular flexibility index (Phi) is 2.47. The van der Waals surface area contributed by atoms with Crippen LogP contribution in [0.1, 0.15) is 12.8 Å². The quantitative estimate of drug-likeness (QED) is 0.763. The number of piperidine rings is 1. The number of anilines is 1. The van der Waals surface area contributed by atoms with Crippen molar-refractivity contribution >= 4 is 5.95 Å². The fourth-order valence-electron chi connectivity index (χ4n) is 2.68. The molecule has 2 aliphatic heterocycles. The lowest BCUT2D eigenvalue weighted by Crippen LogP contribution is -2.40. The largest absolute Gasteiger partial charge is 0.339 e. The Bertz CT molecular complexity index is 353. The Hall–Kier alpha value is -1.23. The molecule has 2 fully saturated rings. The highest BCUT2D eigenvalue weighted by Crippen LogP contribution is 2.26. The number of rotatable bonds is 1. The number of nitrogens with zero attached hydrogens (tertiary/aromatic N) is 3. The van der Waals surface area contributed by atoms with Crippen molar-refractivity contribution in [3.8, 4) is 0 Å². The van der Waals surface area contributed by atoms with Gasteiger partial charge < -0.3 is 10.2 Å². The smallest absolute Gasteiger partial charge is 0.225 e. The summed E-state index contributed by atoms with van der Waals surface area (Å²) in [4.78, 5) is 10.2. The van der Waals surface area contributed by atoms with Crippen molar-refractivity contribution in [1.82, 2.24) is 15.3 Å². The predicted molar refractivity (Wildman–Crippen MR) is 58.7 cm³/mol. The standard InChI is InChI=1S/C11H15FN4/c12-9-4-14-11(15-5-9)16-6-8-2-1-3-13-10(8)7-16/h4-5,8,10,13H,1-3,6-7H2/t8-,10+/m0/s1. The summed E-state index contributed by atoms with van der Waals surface area (Å²) in [5.74, 6) is 0.971. The number of fused-ring (bicyclic) bond motifs is 1. The number of nitrogens with one attached hydrogen (secondary N) is 1. The van der Waals surface area contributed by atoms with Crippen molar-refractivity contribution in [2.24, 2.45) is 5.92 Å². The Morgan fingerprint density at radius 1 is 1.31 bits per heavy atom. The van der Waals surface area contributed by atoms with Crippen molar-refractivity contribution in [1.29, 1.82) is 0 Å². The number of hydrogen-bond acceptors (Lipinski definition) is 4. The third kappa shape index (κ3) is 1.75. The lowest BCUT2D eigenvalue weighted by atomic mass is 9.94. The first-order valence-corrected chi connectivity index (χ1v) is 5.79. The molecule has 0 radical (unpaired) electrons. The fraction of sp³-hybridized carbons (Fsp3) is 0.636. The molecule has 0 unspecified atom stereocenters. The van der Waals surface area contributed by atoms with Crippen molar-refractivity contribution < 1.29 is 4.39 Å². The molecule has 1 N–H and O–H groups in total.